The summed E-state index contributed by atoms with van der Waals surface area (Å²) in [5.74, 6) is 0. The van der Waals surface area contributed by atoms with Crippen molar-refractivity contribution in [3.63, 3.8) is 0 Å². The summed E-state index contributed by atoms with van der Waals surface area (Å²) in [5.41, 5.74) is 7.81. The molecule has 1 atom stereocenters. The monoisotopic (exact) mass is 234 g/mol. The Hall–Kier alpha value is -1.13. The van der Waals surface area contributed by atoms with Crippen LogP contribution < -0.4 is 10.6 Å². The molecule has 17 heavy (non-hydrogen) atoms. The molecule has 4 heteroatoms. The standard InChI is InChI=1S/C13H22N4/c1-16-7-3-4-13(10-16)17(2)12-5-6-15-11(8-12)9-14/h5-6,8,13H,3-4,7,9-10,14H2,1-2H3. The van der Waals surface area contributed by atoms with Gasteiger partial charge in [-0.05, 0) is 38.6 Å². The molecule has 2 N–H and O–H groups in total. The lowest BCUT2D eigenvalue weighted by Gasteiger charge is -2.37. The SMILES string of the molecule is CN1CCCC(N(C)c2ccnc(CN)c2)C1. The van der Waals surface area contributed by atoms with Gasteiger partial charge in [0.15, 0.2) is 0 Å². The highest BCUT2D eigenvalue weighted by atomic mass is 15.2. The minimum Gasteiger partial charge on any atom is -0.370 e. The zero-order valence-corrected chi connectivity index (χ0v) is 10.8. The molecule has 1 aliphatic heterocycles. The van der Waals surface area contributed by atoms with Gasteiger partial charge < -0.3 is 15.5 Å². The number of aromatic nitrogens is 1. The van der Waals surface area contributed by atoms with Crippen molar-refractivity contribution >= 4 is 5.69 Å². The number of anilines is 1. The molecule has 0 amide bonds. The van der Waals surface area contributed by atoms with Crippen LogP contribution in [0.4, 0.5) is 5.69 Å². The molecule has 0 aliphatic carbocycles. The summed E-state index contributed by atoms with van der Waals surface area (Å²) in [6.07, 6.45) is 4.39. The normalized spacial score (nSPS) is 21.5. The van der Waals surface area contributed by atoms with Gasteiger partial charge in [-0.2, -0.15) is 0 Å². The molecule has 0 aromatic carbocycles. The first-order valence-corrected chi connectivity index (χ1v) is 6.27. The summed E-state index contributed by atoms with van der Waals surface area (Å²) in [5, 5.41) is 0. The van der Waals surface area contributed by atoms with Crippen molar-refractivity contribution in [1.82, 2.24) is 9.88 Å². The van der Waals surface area contributed by atoms with E-state index in [0.29, 0.717) is 12.6 Å². The van der Waals surface area contributed by atoms with Crippen molar-refractivity contribution in [2.24, 2.45) is 5.73 Å². The number of likely N-dealkylation sites (tertiary alicyclic amines) is 1. The third-order valence-corrected chi connectivity index (χ3v) is 3.56. The Morgan fingerprint density at radius 2 is 2.41 bits per heavy atom. The van der Waals surface area contributed by atoms with Crippen LogP contribution in [-0.4, -0.2) is 43.1 Å². The van der Waals surface area contributed by atoms with Gasteiger partial charge in [0.1, 0.15) is 0 Å². The lowest BCUT2D eigenvalue weighted by atomic mass is 10.0. The number of nitrogens with two attached hydrogens (primary N) is 1. The molecule has 1 aromatic heterocycles. The molecule has 0 saturated carbocycles. The predicted octanol–water partition coefficient (Wildman–Crippen LogP) is 1.07. The zero-order valence-electron chi connectivity index (χ0n) is 10.8. The summed E-state index contributed by atoms with van der Waals surface area (Å²) in [6.45, 7) is 2.86. The predicted molar refractivity (Wildman–Crippen MR) is 71.1 cm³/mol. The number of piperidine rings is 1. The molecule has 0 bridgehead atoms. The van der Waals surface area contributed by atoms with Gasteiger partial charge in [-0.25, -0.2) is 0 Å². The fourth-order valence-electron chi connectivity index (χ4n) is 2.46. The van der Waals surface area contributed by atoms with E-state index in [4.69, 9.17) is 5.73 Å². The Morgan fingerprint density at radius 1 is 1.59 bits per heavy atom. The summed E-state index contributed by atoms with van der Waals surface area (Å²) in [4.78, 5) is 8.99. The first kappa shape index (κ1) is 12.3. The van der Waals surface area contributed by atoms with E-state index in [1.54, 1.807) is 0 Å². The van der Waals surface area contributed by atoms with Crippen molar-refractivity contribution in [3.05, 3.63) is 24.0 Å². The average molecular weight is 234 g/mol. The van der Waals surface area contributed by atoms with Crippen LogP contribution in [0.2, 0.25) is 0 Å². The highest BCUT2D eigenvalue weighted by Crippen LogP contribution is 2.21. The first-order chi connectivity index (χ1) is 8.20. The van der Waals surface area contributed by atoms with E-state index in [1.165, 1.54) is 25.1 Å². The van der Waals surface area contributed by atoms with Crippen molar-refractivity contribution in [3.8, 4) is 0 Å². The van der Waals surface area contributed by atoms with Crippen molar-refractivity contribution in [1.29, 1.82) is 0 Å². The first-order valence-electron chi connectivity index (χ1n) is 6.27. The average Bonchev–Trinajstić information content (AvgIpc) is 2.38. The van der Waals surface area contributed by atoms with Crippen LogP contribution in [0.1, 0.15) is 18.5 Å². The number of likely N-dealkylation sites (N-methyl/N-ethyl adjacent to an activating group) is 2. The van der Waals surface area contributed by atoms with Crippen molar-refractivity contribution in [2.45, 2.75) is 25.4 Å². The number of rotatable bonds is 3. The van der Waals surface area contributed by atoms with Gasteiger partial charge >= 0.3 is 0 Å². The summed E-state index contributed by atoms with van der Waals surface area (Å²) < 4.78 is 0. The molecule has 1 aliphatic rings. The second kappa shape index (κ2) is 5.47. The lowest BCUT2D eigenvalue weighted by Crippen LogP contribution is -2.45. The maximum absolute atomic E-state index is 5.63. The molecular weight excluding hydrogens is 212 g/mol. The molecule has 1 aromatic rings. The second-order valence-electron chi connectivity index (χ2n) is 4.88. The minimum absolute atomic E-state index is 0.506. The van der Waals surface area contributed by atoms with E-state index in [0.717, 1.165) is 12.2 Å². The van der Waals surface area contributed by atoms with Gasteiger partial charge in [0.2, 0.25) is 0 Å². The van der Waals surface area contributed by atoms with Crippen LogP contribution in [0, 0.1) is 0 Å². The molecule has 1 saturated heterocycles. The third-order valence-electron chi connectivity index (χ3n) is 3.56. The molecule has 0 spiro atoms. The Morgan fingerprint density at radius 3 is 3.12 bits per heavy atom. The number of nitrogens with zero attached hydrogens (tertiary/aromatic N) is 3. The Kier molecular flexibility index (Phi) is 3.97. The van der Waals surface area contributed by atoms with E-state index < -0.39 is 0 Å². The van der Waals surface area contributed by atoms with Gasteiger partial charge in [0, 0.05) is 38.1 Å². The maximum atomic E-state index is 5.63. The van der Waals surface area contributed by atoms with E-state index >= 15 is 0 Å². The number of hydrogen-bond acceptors (Lipinski definition) is 4. The molecule has 0 radical (unpaired) electrons. The molecule has 2 rings (SSSR count). The smallest absolute Gasteiger partial charge is 0.0560 e. The lowest BCUT2D eigenvalue weighted by molar-refractivity contribution is 0.248. The quantitative estimate of drug-likeness (QED) is 0.850. The molecular formula is C13H22N4. The fraction of sp³-hybridized carbons (Fsp3) is 0.615. The van der Waals surface area contributed by atoms with Crippen LogP contribution in [-0.2, 0) is 6.54 Å². The third kappa shape index (κ3) is 2.96. The van der Waals surface area contributed by atoms with Crippen LogP contribution in [0.15, 0.2) is 18.3 Å². The van der Waals surface area contributed by atoms with Crippen LogP contribution in [0.25, 0.3) is 0 Å². The van der Waals surface area contributed by atoms with Crippen LogP contribution in [0.5, 0.6) is 0 Å². The fourth-order valence-corrected chi connectivity index (χ4v) is 2.46. The Balaban J connectivity index is 2.09. The topological polar surface area (TPSA) is 45.4 Å². The largest absolute Gasteiger partial charge is 0.370 e. The summed E-state index contributed by atoms with van der Waals surface area (Å²) in [6, 6.07) is 4.75. The second-order valence-corrected chi connectivity index (χ2v) is 4.88. The number of hydrogen-bond donors (Lipinski definition) is 1. The molecule has 94 valence electrons. The van der Waals surface area contributed by atoms with E-state index in [9.17, 15) is 0 Å². The summed E-state index contributed by atoms with van der Waals surface area (Å²) >= 11 is 0. The Labute approximate surface area is 103 Å². The van der Waals surface area contributed by atoms with E-state index in [-0.39, 0.29) is 0 Å². The van der Waals surface area contributed by atoms with Gasteiger partial charge in [0.25, 0.3) is 0 Å². The highest BCUT2D eigenvalue weighted by Gasteiger charge is 2.21. The van der Waals surface area contributed by atoms with Gasteiger partial charge in [0.05, 0.1) is 5.69 Å². The van der Waals surface area contributed by atoms with Gasteiger partial charge in [-0.1, -0.05) is 0 Å². The molecule has 1 unspecified atom stereocenters. The number of pyridine rings is 1. The molecule has 4 nitrogen and oxygen atoms in total. The zero-order chi connectivity index (χ0) is 12.3. The maximum Gasteiger partial charge on any atom is 0.0560 e. The van der Waals surface area contributed by atoms with E-state index in [1.807, 2.05) is 6.20 Å². The Bertz CT molecular complexity index is 366. The van der Waals surface area contributed by atoms with E-state index in [2.05, 4.69) is 41.0 Å². The van der Waals surface area contributed by atoms with Gasteiger partial charge in [-0.3, -0.25) is 4.98 Å². The van der Waals surface area contributed by atoms with Gasteiger partial charge in [-0.15, -0.1) is 0 Å². The van der Waals surface area contributed by atoms with Crippen molar-refractivity contribution in [2.75, 3.05) is 32.1 Å². The molecule has 1 fully saturated rings. The van der Waals surface area contributed by atoms with Crippen LogP contribution in [0.3, 0.4) is 0 Å². The van der Waals surface area contributed by atoms with Crippen molar-refractivity contribution < 1.29 is 0 Å². The molecule has 2 heterocycles. The minimum atomic E-state index is 0.506. The highest BCUT2D eigenvalue weighted by molar-refractivity contribution is 5.47. The summed E-state index contributed by atoms with van der Waals surface area (Å²) in [7, 11) is 4.36. The van der Waals surface area contributed by atoms with Crippen LogP contribution >= 0.6 is 0 Å².